The third-order valence-corrected chi connectivity index (χ3v) is 6.89. The highest BCUT2D eigenvalue weighted by Gasteiger charge is 2.49. The molecule has 3 atom stereocenters. The minimum Gasteiger partial charge on any atom is -0.480 e. The molecule has 2 fully saturated rings. The van der Waals surface area contributed by atoms with E-state index in [1.165, 1.54) is 11.3 Å². The van der Waals surface area contributed by atoms with Gasteiger partial charge in [-0.2, -0.15) is 5.10 Å². The fraction of sp³-hybridized carbons (Fsp3) is 0.611. The number of aromatic nitrogens is 2. The molecule has 0 radical (unpaired) electrons. The number of aliphatic carboxylic acids is 1. The molecule has 2 aromatic heterocycles. The van der Waals surface area contributed by atoms with E-state index in [0.29, 0.717) is 17.3 Å². The highest BCUT2D eigenvalue weighted by molar-refractivity contribution is 7.20. The van der Waals surface area contributed by atoms with Crippen LogP contribution in [0.3, 0.4) is 0 Å². The van der Waals surface area contributed by atoms with E-state index < -0.39 is 12.0 Å². The summed E-state index contributed by atoms with van der Waals surface area (Å²) in [5.41, 5.74) is 0.987. The molecule has 7 heteroatoms. The van der Waals surface area contributed by atoms with Gasteiger partial charge in [-0.15, -0.1) is 11.3 Å². The van der Waals surface area contributed by atoms with E-state index in [9.17, 15) is 14.7 Å². The van der Waals surface area contributed by atoms with Crippen LogP contribution in [0.15, 0.2) is 6.07 Å². The summed E-state index contributed by atoms with van der Waals surface area (Å²) in [7, 11) is 1.89. The first kappa shape index (κ1) is 16.6. The third-order valence-electron chi connectivity index (χ3n) is 5.70. The number of carbonyl (C=O) groups excluding carboxylic acids is 1. The van der Waals surface area contributed by atoms with Crippen molar-refractivity contribution in [2.45, 2.75) is 45.1 Å². The van der Waals surface area contributed by atoms with Gasteiger partial charge in [0.1, 0.15) is 10.9 Å². The first-order valence-corrected chi connectivity index (χ1v) is 9.70. The van der Waals surface area contributed by atoms with Gasteiger partial charge in [-0.05, 0) is 36.7 Å². The molecule has 0 aromatic carbocycles. The number of aryl methyl sites for hydroxylation is 1. The summed E-state index contributed by atoms with van der Waals surface area (Å²) in [5.74, 6) is -0.277. The van der Waals surface area contributed by atoms with Crippen molar-refractivity contribution in [1.29, 1.82) is 0 Å². The van der Waals surface area contributed by atoms with Crippen LogP contribution in [0.2, 0.25) is 0 Å². The SMILES string of the molecule is CC(C)c1nn(C)c2sc(C(=O)N3CC4CCCC4C3C(=O)O)cc12. The van der Waals surface area contributed by atoms with Crippen molar-refractivity contribution in [3.8, 4) is 0 Å². The summed E-state index contributed by atoms with van der Waals surface area (Å²) in [6.07, 6.45) is 3.03. The van der Waals surface area contributed by atoms with Gasteiger partial charge in [-0.1, -0.05) is 20.3 Å². The monoisotopic (exact) mass is 361 g/mol. The number of likely N-dealkylation sites (tertiary alicyclic amines) is 1. The molecule has 3 heterocycles. The number of carboxylic acid groups (broad SMARTS) is 1. The lowest BCUT2D eigenvalue weighted by Crippen LogP contribution is -2.43. The zero-order valence-corrected chi connectivity index (χ0v) is 15.5. The molecule has 134 valence electrons. The van der Waals surface area contributed by atoms with Gasteiger partial charge >= 0.3 is 5.97 Å². The maximum Gasteiger partial charge on any atom is 0.326 e. The van der Waals surface area contributed by atoms with Crippen LogP contribution in [0, 0.1) is 11.8 Å². The Morgan fingerprint density at radius 1 is 1.36 bits per heavy atom. The largest absolute Gasteiger partial charge is 0.480 e. The molecule has 0 spiro atoms. The molecular formula is C18H23N3O3S. The lowest BCUT2D eigenvalue weighted by atomic mass is 9.94. The van der Waals surface area contributed by atoms with Gasteiger partial charge < -0.3 is 10.0 Å². The van der Waals surface area contributed by atoms with E-state index >= 15 is 0 Å². The lowest BCUT2D eigenvalue weighted by Gasteiger charge is -2.23. The molecule has 4 rings (SSSR count). The molecule has 2 aromatic rings. The summed E-state index contributed by atoms with van der Waals surface area (Å²) in [6, 6.07) is 1.23. The van der Waals surface area contributed by atoms with Gasteiger partial charge in [0.2, 0.25) is 0 Å². The minimum absolute atomic E-state index is 0.115. The summed E-state index contributed by atoms with van der Waals surface area (Å²) >= 11 is 1.42. The predicted molar refractivity (Wildman–Crippen MR) is 96.0 cm³/mol. The Balaban J connectivity index is 1.70. The second-order valence-electron chi connectivity index (χ2n) is 7.59. The Morgan fingerprint density at radius 2 is 2.12 bits per heavy atom. The molecule has 1 aliphatic carbocycles. The highest BCUT2D eigenvalue weighted by Crippen LogP contribution is 2.43. The number of thiophene rings is 1. The second-order valence-corrected chi connectivity index (χ2v) is 8.62. The van der Waals surface area contributed by atoms with Crippen molar-refractivity contribution in [3.05, 3.63) is 16.6 Å². The second kappa shape index (κ2) is 5.83. The van der Waals surface area contributed by atoms with Crippen LogP contribution < -0.4 is 0 Å². The topological polar surface area (TPSA) is 75.4 Å². The number of rotatable bonds is 3. The zero-order valence-electron chi connectivity index (χ0n) is 14.7. The van der Waals surface area contributed by atoms with E-state index in [2.05, 4.69) is 18.9 Å². The van der Waals surface area contributed by atoms with Crippen molar-refractivity contribution in [2.75, 3.05) is 6.54 Å². The summed E-state index contributed by atoms with van der Waals surface area (Å²) in [6.45, 7) is 4.75. The van der Waals surface area contributed by atoms with Gasteiger partial charge in [0, 0.05) is 19.0 Å². The molecule has 25 heavy (non-hydrogen) atoms. The minimum atomic E-state index is -0.867. The van der Waals surface area contributed by atoms with Crippen LogP contribution in [-0.2, 0) is 11.8 Å². The summed E-state index contributed by atoms with van der Waals surface area (Å²) < 4.78 is 1.82. The highest BCUT2D eigenvalue weighted by atomic mass is 32.1. The average molecular weight is 361 g/mol. The van der Waals surface area contributed by atoms with Crippen LogP contribution in [0.1, 0.15) is 54.4 Å². The Labute approximate surface area is 150 Å². The normalized spacial score (nSPS) is 25.9. The average Bonchev–Trinajstić information content (AvgIpc) is 3.25. The van der Waals surface area contributed by atoms with Crippen LogP contribution in [-0.4, -0.2) is 44.3 Å². The first-order valence-electron chi connectivity index (χ1n) is 8.88. The van der Waals surface area contributed by atoms with Crippen molar-refractivity contribution in [2.24, 2.45) is 18.9 Å². The Morgan fingerprint density at radius 3 is 2.80 bits per heavy atom. The zero-order chi connectivity index (χ0) is 17.9. The predicted octanol–water partition coefficient (Wildman–Crippen LogP) is 3.08. The number of carboxylic acids is 1. The van der Waals surface area contributed by atoms with Crippen molar-refractivity contribution in [3.63, 3.8) is 0 Å². The van der Waals surface area contributed by atoms with Crippen LogP contribution in [0.5, 0.6) is 0 Å². The molecule has 1 saturated heterocycles. The number of amides is 1. The van der Waals surface area contributed by atoms with E-state index in [1.807, 2.05) is 17.8 Å². The molecule has 1 aliphatic heterocycles. The van der Waals surface area contributed by atoms with Gasteiger partial charge in [-0.3, -0.25) is 9.48 Å². The maximum absolute atomic E-state index is 13.1. The van der Waals surface area contributed by atoms with Gasteiger partial charge in [-0.25, -0.2) is 4.79 Å². The first-order chi connectivity index (χ1) is 11.9. The van der Waals surface area contributed by atoms with Crippen LogP contribution >= 0.6 is 11.3 Å². The molecule has 6 nitrogen and oxygen atoms in total. The van der Waals surface area contributed by atoms with E-state index in [4.69, 9.17) is 0 Å². The summed E-state index contributed by atoms with van der Waals surface area (Å²) in [5, 5.41) is 15.2. The molecule has 3 unspecified atom stereocenters. The van der Waals surface area contributed by atoms with E-state index in [-0.39, 0.29) is 17.7 Å². The number of fused-ring (bicyclic) bond motifs is 2. The van der Waals surface area contributed by atoms with Gasteiger partial charge in [0.15, 0.2) is 0 Å². The van der Waals surface area contributed by atoms with Crippen molar-refractivity contribution in [1.82, 2.24) is 14.7 Å². The van der Waals surface area contributed by atoms with Crippen LogP contribution in [0.4, 0.5) is 0 Å². The number of hydrogen-bond donors (Lipinski definition) is 1. The van der Waals surface area contributed by atoms with Crippen LogP contribution in [0.25, 0.3) is 10.2 Å². The van der Waals surface area contributed by atoms with Gasteiger partial charge in [0.25, 0.3) is 5.91 Å². The fourth-order valence-electron chi connectivity index (χ4n) is 4.57. The third kappa shape index (κ3) is 2.47. The van der Waals surface area contributed by atoms with E-state index in [0.717, 1.165) is 35.2 Å². The Hall–Kier alpha value is -1.89. The van der Waals surface area contributed by atoms with Crippen molar-refractivity contribution < 1.29 is 14.7 Å². The lowest BCUT2D eigenvalue weighted by molar-refractivity contribution is -0.142. The number of nitrogens with zero attached hydrogens (tertiary/aromatic N) is 3. The molecule has 2 aliphatic rings. The number of hydrogen-bond acceptors (Lipinski definition) is 4. The number of carbonyl (C=O) groups is 2. The molecule has 1 amide bonds. The summed E-state index contributed by atoms with van der Waals surface area (Å²) in [4.78, 5) is 28.1. The Kier molecular flexibility index (Phi) is 3.86. The van der Waals surface area contributed by atoms with E-state index in [1.54, 1.807) is 4.90 Å². The van der Waals surface area contributed by atoms with Gasteiger partial charge in [0.05, 0.1) is 10.6 Å². The molecule has 1 N–H and O–H groups in total. The standard InChI is InChI=1S/C18H23N3O3S/c1-9(2)14-12-7-13(25-17(12)20(3)19-14)16(22)21-8-10-5-4-6-11(10)15(21)18(23)24/h7,9-11,15H,4-6,8H2,1-3H3,(H,23,24). The van der Waals surface area contributed by atoms with Crippen molar-refractivity contribution >= 4 is 33.4 Å². The molecule has 0 bridgehead atoms. The molecule has 1 saturated carbocycles. The fourth-order valence-corrected chi connectivity index (χ4v) is 5.61. The Bertz CT molecular complexity index is 853. The maximum atomic E-state index is 13.1. The quantitative estimate of drug-likeness (QED) is 0.911. The molecular weight excluding hydrogens is 338 g/mol. The smallest absolute Gasteiger partial charge is 0.326 e.